The van der Waals surface area contributed by atoms with Crippen LogP contribution in [0.4, 0.5) is 5.69 Å². The van der Waals surface area contributed by atoms with Crippen LogP contribution in [0.2, 0.25) is 0 Å². The number of rotatable bonds is 3. The van der Waals surface area contributed by atoms with Gasteiger partial charge in [0.25, 0.3) is 0 Å². The van der Waals surface area contributed by atoms with Gasteiger partial charge in [0.05, 0.1) is 0 Å². The van der Waals surface area contributed by atoms with E-state index in [0.29, 0.717) is 11.8 Å². The average Bonchev–Trinajstić information content (AvgIpc) is 2.50. The fraction of sp³-hybridized carbons (Fsp3) is 0.562. The summed E-state index contributed by atoms with van der Waals surface area (Å²) in [5.74, 6) is 0.352. The Morgan fingerprint density at radius 3 is 2.36 bits per heavy atom. The predicted molar refractivity (Wildman–Crippen MR) is 93.3 cm³/mol. The van der Waals surface area contributed by atoms with Gasteiger partial charge in [0.1, 0.15) is 5.75 Å². The molecule has 0 amide bonds. The zero-order chi connectivity index (χ0) is 16.5. The number of aliphatic imine (C=N–C) groups is 1. The number of aromatic hydroxyl groups is 1. The van der Waals surface area contributed by atoms with Crippen molar-refractivity contribution in [2.24, 2.45) is 4.99 Å². The van der Waals surface area contributed by atoms with Gasteiger partial charge >= 0.3 is 37.9 Å². The van der Waals surface area contributed by atoms with E-state index in [9.17, 15) is 5.11 Å². The van der Waals surface area contributed by atoms with E-state index in [1.807, 2.05) is 44.3 Å². The first-order valence-electron chi connectivity index (χ1n) is 7.50. The Morgan fingerprint density at radius 1 is 1.23 bits per heavy atom. The zero-order valence-electron chi connectivity index (χ0n) is 13.4. The summed E-state index contributed by atoms with van der Waals surface area (Å²) in [7, 11) is 13.9. The molecule has 1 N–H and O–H groups in total. The SMILES string of the molecule is Cc1cc(N(C)C)cc(C=NC2CCCCC2)c1O.[Cl][Zr][Cl]. The minimum atomic E-state index is -0.826. The van der Waals surface area contributed by atoms with Crippen molar-refractivity contribution < 1.29 is 26.0 Å². The number of phenolic OH excluding ortho intramolecular Hbond substituents is 1. The summed E-state index contributed by atoms with van der Waals surface area (Å²) in [6.07, 6.45) is 8.13. The Bertz CT molecular complexity index is 489. The van der Waals surface area contributed by atoms with Crippen molar-refractivity contribution in [1.29, 1.82) is 0 Å². The molecule has 2 rings (SSSR count). The second kappa shape index (κ2) is 10.7. The predicted octanol–water partition coefficient (Wildman–Crippen LogP) is 4.89. The molecule has 0 aromatic heterocycles. The molecule has 1 aliphatic rings. The van der Waals surface area contributed by atoms with Crippen LogP contribution in [0, 0.1) is 6.92 Å². The molecule has 0 bridgehead atoms. The standard InChI is InChI=1S/C16H24N2O.2ClH.Zr/c1-12-9-15(18(2)3)10-13(16(12)19)11-17-14-7-5-4-6-8-14;;;/h9-11,14,19H,4-8H2,1-3H3;2*1H;/q;;;+2/p-2. The Kier molecular flexibility index (Phi) is 9.70. The number of nitrogens with zero attached hydrogens (tertiary/aromatic N) is 2. The molecule has 1 aromatic rings. The molecular weight excluding hydrogens is 398 g/mol. The van der Waals surface area contributed by atoms with E-state index in [0.717, 1.165) is 16.8 Å². The molecule has 0 heterocycles. The molecule has 0 unspecified atom stereocenters. The van der Waals surface area contributed by atoms with Gasteiger partial charge in [-0.1, -0.05) is 19.3 Å². The van der Waals surface area contributed by atoms with E-state index in [-0.39, 0.29) is 0 Å². The summed E-state index contributed by atoms with van der Waals surface area (Å²) in [6.45, 7) is 1.93. The monoisotopic (exact) mass is 420 g/mol. The number of phenols is 1. The van der Waals surface area contributed by atoms with Crippen LogP contribution in [-0.4, -0.2) is 31.5 Å². The van der Waals surface area contributed by atoms with Crippen molar-refractivity contribution in [2.45, 2.75) is 45.1 Å². The topological polar surface area (TPSA) is 35.8 Å². The fourth-order valence-electron chi connectivity index (χ4n) is 2.56. The third-order valence-electron chi connectivity index (χ3n) is 3.83. The molecule has 6 heteroatoms. The second-order valence-electron chi connectivity index (χ2n) is 5.74. The van der Waals surface area contributed by atoms with Crippen LogP contribution < -0.4 is 4.90 Å². The summed E-state index contributed by atoms with van der Waals surface area (Å²) in [6, 6.07) is 4.43. The van der Waals surface area contributed by atoms with Gasteiger partial charge in [0.15, 0.2) is 0 Å². The maximum absolute atomic E-state index is 10.1. The van der Waals surface area contributed by atoms with Crippen molar-refractivity contribution >= 4 is 28.9 Å². The van der Waals surface area contributed by atoms with Crippen molar-refractivity contribution in [3.8, 4) is 5.75 Å². The summed E-state index contributed by atoms with van der Waals surface area (Å²) >= 11 is -0.826. The van der Waals surface area contributed by atoms with Crippen LogP contribution in [0.15, 0.2) is 17.1 Å². The van der Waals surface area contributed by atoms with E-state index in [1.54, 1.807) is 0 Å². The van der Waals surface area contributed by atoms with Crippen LogP contribution in [0.3, 0.4) is 0 Å². The van der Waals surface area contributed by atoms with E-state index in [2.05, 4.69) is 4.99 Å². The number of aryl methyl sites for hydroxylation is 1. The number of hydrogen-bond donors (Lipinski definition) is 1. The van der Waals surface area contributed by atoms with Crippen LogP contribution in [0.5, 0.6) is 5.75 Å². The van der Waals surface area contributed by atoms with E-state index in [1.165, 1.54) is 32.1 Å². The van der Waals surface area contributed by atoms with Gasteiger partial charge in [0, 0.05) is 37.6 Å². The van der Waals surface area contributed by atoms with E-state index < -0.39 is 20.8 Å². The molecule has 0 aliphatic heterocycles. The van der Waals surface area contributed by atoms with Gasteiger partial charge in [-0.2, -0.15) is 0 Å². The molecule has 1 fully saturated rings. The van der Waals surface area contributed by atoms with Crippen molar-refractivity contribution in [3.63, 3.8) is 0 Å². The Hall–Kier alpha value is -0.0469. The molecule has 0 spiro atoms. The van der Waals surface area contributed by atoms with E-state index >= 15 is 0 Å². The van der Waals surface area contributed by atoms with E-state index in [4.69, 9.17) is 17.0 Å². The molecule has 1 aliphatic carbocycles. The number of anilines is 1. The number of benzene rings is 1. The van der Waals surface area contributed by atoms with Gasteiger partial charge in [-0.3, -0.25) is 4.99 Å². The molecule has 0 saturated heterocycles. The van der Waals surface area contributed by atoms with Gasteiger partial charge < -0.3 is 10.0 Å². The molecule has 0 atom stereocenters. The van der Waals surface area contributed by atoms with Crippen molar-refractivity contribution in [2.75, 3.05) is 19.0 Å². The normalized spacial score (nSPS) is 15.3. The number of halogens is 2. The van der Waals surface area contributed by atoms with Crippen LogP contribution in [-0.2, 0) is 20.8 Å². The third-order valence-corrected chi connectivity index (χ3v) is 3.83. The van der Waals surface area contributed by atoms with Crippen molar-refractivity contribution in [3.05, 3.63) is 23.3 Å². The summed E-state index contributed by atoms with van der Waals surface area (Å²) in [5.41, 5.74) is 2.82. The first-order chi connectivity index (χ1) is 10.5. The number of hydrogen-bond acceptors (Lipinski definition) is 3. The zero-order valence-corrected chi connectivity index (χ0v) is 17.4. The quantitative estimate of drug-likeness (QED) is 0.704. The Balaban J connectivity index is 0.000000745. The van der Waals surface area contributed by atoms with Crippen LogP contribution >= 0.6 is 17.0 Å². The van der Waals surface area contributed by atoms with Gasteiger partial charge in [0.2, 0.25) is 0 Å². The Labute approximate surface area is 152 Å². The average molecular weight is 423 g/mol. The second-order valence-corrected chi connectivity index (χ2v) is 9.47. The summed E-state index contributed by atoms with van der Waals surface area (Å²) in [4.78, 5) is 6.70. The fourth-order valence-corrected chi connectivity index (χ4v) is 2.56. The van der Waals surface area contributed by atoms with Gasteiger partial charge in [-0.15, -0.1) is 0 Å². The molecule has 1 aromatic carbocycles. The molecule has 122 valence electrons. The maximum atomic E-state index is 10.1. The minimum absolute atomic E-state index is 0.352. The summed E-state index contributed by atoms with van der Waals surface area (Å²) < 4.78 is 0. The molecule has 3 nitrogen and oxygen atoms in total. The van der Waals surface area contributed by atoms with Gasteiger partial charge in [-0.05, 0) is 37.5 Å². The Morgan fingerprint density at radius 2 is 1.82 bits per heavy atom. The van der Waals surface area contributed by atoms with Gasteiger partial charge in [-0.25, -0.2) is 0 Å². The van der Waals surface area contributed by atoms with Crippen LogP contribution in [0.25, 0.3) is 0 Å². The molecule has 1 saturated carbocycles. The summed E-state index contributed by atoms with van der Waals surface area (Å²) in [5, 5.41) is 10.1. The third kappa shape index (κ3) is 6.60. The first-order valence-corrected chi connectivity index (χ1v) is 13.8. The molecule has 0 radical (unpaired) electrons. The van der Waals surface area contributed by atoms with Crippen LogP contribution in [0.1, 0.15) is 43.2 Å². The molecular formula is C16H24Cl2N2OZr. The molecule has 22 heavy (non-hydrogen) atoms. The first kappa shape index (κ1) is 20.0. The van der Waals surface area contributed by atoms with Crippen molar-refractivity contribution in [1.82, 2.24) is 0 Å².